The molecule has 2 nitrogen and oxygen atoms in total. The number of carbonyl (C=O) groups is 2. The summed E-state index contributed by atoms with van der Waals surface area (Å²) < 4.78 is 22.7. The van der Waals surface area contributed by atoms with Crippen molar-refractivity contribution in [3.05, 3.63) is 12.2 Å². The average Bonchev–Trinajstić information content (AvgIpc) is 1.63. The van der Waals surface area contributed by atoms with Crippen LogP contribution in [0.5, 0.6) is 0 Å². The van der Waals surface area contributed by atoms with Gasteiger partial charge < -0.3 is 0 Å². The average molecular weight is 134 g/mol. The summed E-state index contributed by atoms with van der Waals surface area (Å²) in [7, 11) is 0. The minimum Gasteiger partial charge on any atom is -0.261 e. The van der Waals surface area contributed by atoms with Gasteiger partial charge in [0, 0.05) is 5.57 Å². The Morgan fingerprint density at radius 2 is 1.78 bits per heavy atom. The molecule has 0 bridgehead atoms. The Bertz CT molecular complexity index is 162. The monoisotopic (exact) mass is 134 g/mol. The lowest BCUT2D eigenvalue weighted by Crippen LogP contribution is -1.97. The smallest absolute Gasteiger partial charge is 0.261 e. The number of hydrogen-bond donors (Lipinski definition) is 0. The third-order valence-electron chi connectivity index (χ3n) is 0.630. The second-order valence-electron chi connectivity index (χ2n) is 1.41. The first-order chi connectivity index (χ1) is 4.04. The third-order valence-corrected chi connectivity index (χ3v) is 0.630. The van der Waals surface area contributed by atoms with Crippen molar-refractivity contribution < 1.29 is 18.4 Å². The molecule has 0 aromatic carbocycles. The standard InChI is InChI=1S/C5H4F2O2/c1-3(5(7)9)2-4(6)8/h1-2H2. The van der Waals surface area contributed by atoms with Crippen LogP contribution in [0.4, 0.5) is 8.78 Å². The molecule has 0 aromatic heterocycles. The first kappa shape index (κ1) is 7.94. The van der Waals surface area contributed by atoms with Crippen LogP contribution >= 0.6 is 0 Å². The molecular formula is C5H4F2O2. The van der Waals surface area contributed by atoms with Gasteiger partial charge in [0.2, 0.25) is 0 Å². The van der Waals surface area contributed by atoms with E-state index in [0.29, 0.717) is 0 Å². The van der Waals surface area contributed by atoms with Gasteiger partial charge >= 0.3 is 12.1 Å². The van der Waals surface area contributed by atoms with E-state index < -0.39 is 24.1 Å². The maximum atomic E-state index is 11.4. The Morgan fingerprint density at radius 1 is 1.33 bits per heavy atom. The highest BCUT2D eigenvalue weighted by molar-refractivity contribution is 5.92. The molecule has 0 aliphatic heterocycles. The van der Waals surface area contributed by atoms with Crippen LogP contribution in [0, 0.1) is 0 Å². The van der Waals surface area contributed by atoms with Crippen molar-refractivity contribution in [3.63, 3.8) is 0 Å². The molecule has 0 atom stereocenters. The molecule has 0 amide bonds. The summed E-state index contributed by atoms with van der Waals surface area (Å²) in [6.07, 6.45) is -0.852. The Kier molecular flexibility index (Phi) is 2.70. The lowest BCUT2D eigenvalue weighted by molar-refractivity contribution is -0.131. The molecule has 0 radical (unpaired) electrons. The molecule has 0 N–H and O–H groups in total. The maximum absolute atomic E-state index is 11.4. The van der Waals surface area contributed by atoms with Gasteiger partial charge in [0.25, 0.3) is 0 Å². The topological polar surface area (TPSA) is 34.1 Å². The SMILES string of the molecule is C=C(CC(=O)F)C(=O)F. The summed E-state index contributed by atoms with van der Waals surface area (Å²) in [5.41, 5.74) is -0.650. The van der Waals surface area contributed by atoms with Crippen LogP contribution in [0.15, 0.2) is 12.2 Å². The van der Waals surface area contributed by atoms with Gasteiger partial charge in [-0.25, -0.2) is 0 Å². The van der Waals surface area contributed by atoms with E-state index in [1.807, 2.05) is 0 Å². The third kappa shape index (κ3) is 3.52. The number of halogens is 2. The fourth-order valence-corrected chi connectivity index (χ4v) is 0.237. The molecule has 0 saturated carbocycles. The van der Waals surface area contributed by atoms with E-state index in [4.69, 9.17) is 0 Å². The summed E-state index contributed by atoms with van der Waals surface area (Å²) >= 11 is 0. The molecule has 4 heteroatoms. The van der Waals surface area contributed by atoms with Gasteiger partial charge in [-0.1, -0.05) is 6.58 Å². The van der Waals surface area contributed by atoms with Crippen LogP contribution in [-0.2, 0) is 9.59 Å². The molecule has 0 aliphatic rings. The predicted molar refractivity (Wildman–Crippen MR) is 26.0 cm³/mol. The van der Waals surface area contributed by atoms with Crippen molar-refractivity contribution >= 4 is 12.1 Å². The number of allylic oxidation sites excluding steroid dienone is 1. The van der Waals surface area contributed by atoms with Crippen LogP contribution in [0.1, 0.15) is 6.42 Å². The Morgan fingerprint density at radius 3 is 1.89 bits per heavy atom. The summed E-state index contributed by atoms with van der Waals surface area (Å²) in [6.45, 7) is 2.81. The van der Waals surface area contributed by atoms with E-state index in [0.717, 1.165) is 0 Å². The highest BCUT2D eigenvalue weighted by Gasteiger charge is 2.08. The van der Waals surface area contributed by atoms with E-state index in [1.165, 1.54) is 0 Å². The Balaban J connectivity index is 3.79. The predicted octanol–water partition coefficient (Wildman–Crippen LogP) is 0.925. The highest BCUT2D eigenvalue weighted by atomic mass is 19.1. The van der Waals surface area contributed by atoms with Crippen molar-refractivity contribution in [1.82, 2.24) is 0 Å². The molecule has 0 saturated heterocycles. The van der Waals surface area contributed by atoms with E-state index in [-0.39, 0.29) is 0 Å². The summed E-state index contributed by atoms with van der Waals surface area (Å²) in [5.74, 6) is 0. The molecule has 0 rings (SSSR count). The highest BCUT2D eigenvalue weighted by Crippen LogP contribution is 2.01. The Labute approximate surface area is 50.2 Å². The molecule has 0 aromatic rings. The molecule has 9 heavy (non-hydrogen) atoms. The van der Waals surface area contributed by atoms with Crippen LogP contribution < -0.4 is 0 Å². The molecule has 0 heterocycles. The van der Waals surface area contributed by atoms with E-state index in [1.54, 1.807) is 0 Å². The van der Waals surface area contributed by atoms with Crippen LogP contribution in [0.25, 0.3) is 0 Å². The van der Waals surface area contributed by atoms with Gasteiger partial charge in [0.15, 0.2) is 0 Å². The second-order valence-corrected chi connectivity index (χ2v) is 1.41. The van der Waals surface area contributed by atoms with Gasteiger partial charge in [0.05, 0.1) is 6.42 Å². The van der Waals surface area contributed by atoms with Gasteiger partial charge in [-0.3, -0.25) is 9.59 Å². The number of hydrogen-bond acceptors (Lipinski definition) is 2. The lowest BCUT2D eigenvalue weighted by Gasteiger charge is -1.87. The zero-order valence-corrected chi connectivity index (χ0v) is 4.49. The van der Waals surface area contributed by atoms with Crippen LogP contribution in [-0.4, -0.2) is 12.1 Å². The molecule has 50 valence electrons. The van der Waals surface area contributed by atoms with Crippen molar-refractivity contribution in [2.75, 3.05) is 0 Å². The molecule has 0 fully saturated rings. The van der Waals surface area contributed by atoms with Crippen LogP contribution in [0.2, 0.25) is 0 Å². The zero-order valence-electron chi connectivity index (χ0n) is 4.49. The van der Waals surface area contributed by atoms with E-state index in [2.05, 4.69) is 6.58 Å². The minimum atomic E-state index is -1.85. The fraction of sp³-hybridized carbons (Fsp3) is 0.200. The van der Waals surface area contributed by atoms with Crippen molar-refractivity contribution in [3.8, 4) is 0 Å². The molecule has 0 spiro atoms. The zero-order chi connectivity index (χ0) is 7.44. The quantitative estimate of drug-likeness (QED) is 0.425. The fourth-order valence-electron chi connectivity index (χ4n) is 0.237. The second kappa shape index (κ2) is 3.06. The van der Waals surface area contributed by atoms with Crippen LogP contribution in [0.3, 0.4) is 0 Å². The first-order valence-corrected chi connectivity index (χ1v) is 2.10. The Hall–Kier alpha value is -1.06. The van der Waals surface area contributed by atoms with Gasteiger partial charge in [0.1, 0.15) is 0 Å². The number of carbonyl (C=O) groups excluding carboxylic acids is 2. The van der Waals surface area contributed by atoms with Gasteiger partial charge in [-0.05, 0) is 0 Å². The maximum Gasteiger partial charge on any atom is 0.328 e. The number of rotatable bonds is 3. The van der Waals surface area contributed by atoms with Crippen molar-refractivity contribution in [2.24, 2.45) is 0 Å². The molecule has 0 unspecified atom stereocenters. The lowest BCUT2D eigenvalue weighted by atomic mass is 10.2. The molecular weight excluding hydrogens is 130 g/mol. The first-order valence-electron chi connectivity index (χ1n) is 2.10. The molecule has 0 aliphatic carbocycles. The van der Waals surface area contributed by atoms with E-state index in [9.17, 15) is 18.4 Å². The van der Waals surface area contributed by atoms with Crippen molar-refractivity contribution in [1.29, 1.82) is 0 Å². The largest absolute Gasteiger partial charge is 0.328 e. The summed E-state index contributed by atoms with van der Waals surface area (Å²) in [4.78, 5) is 19.1. The summed E-state index contributed by atoms with van der Waals surface area (Å²) in [5, 5.41) is 0. The summed E-state index contributed by atoms with van der Waals surface area (Å²) in [6, 6.07) is -3.60. The minimum absolute atomic E-state index is 0.650. The van der Waals surface area contributed by atoms with Gasteiger partial charge in [-0.15, -0.1) is 0 Å². The van der Waals surface area contributed by atoms with E-state index >= 15 is 0 Å². The van der Waals surface area contributed by atoms with Gasteiger partial charge in [-0.2, -0.15) is 8.78 Å². The normalized spacial score (nSPS) is 8.67. The van der Waals surface area contributed by atoms with Crippen molar-refractivity contribution in [2.45, 2.75) is 6.42 Å².